The molecule has 0 aromatic heterocycles. The van der Waals surface area contributed by atoms with Crippen molar-refractivity contribution in [3.05, 3.63) is 38.0 Å². The van der Waals surface area contributed by atoms with E-state index in [0.717, 1.165) is 0 Å². The van der Waals surface area contributed by atoms with Crippen LogP contribution in [0.2, 0.25) is 0 Å². The summed E-state index contributed by atoms with van der Waals surface area (Å²) >= 11 is 0. The summed E-state index contributed by atoms with van der Waals surface area (Å²) in [5, 5.41) is 15.0. The lowest BCUT2D eigenvalue weighted by Gasteiger charge is -2.16. The number of hydrogen-bond acceptors (Lipinski definition) is 3. The number of aliphatic hydroxyl groups is 1. The molecule has 0 rings (SSSR count). The maximum atomic E-state index is 11.0. The van der Waals surface area contributed by atoms with Gasteiger partial charge in [-0.1, -0.05) is 18.7 Å². The maximum absolute atomic E-state index is 11.0. The second-order valence-electron chi connectivity index (χ2n) is 2.58. The van der Waals surface area contributed by atoms with Crippen molar-refractivity contribution >= 4 is 11.9 Å². The Balaban J connectivity index is 0. The van der Waals surface area contributed by atoms with Gasteiger partial charge in [0.1, 0.15) is 6.61 Å². The van der Waals surface area contributed by atoms with Crippen LogP contribution in [0.15, 0.2) is 38.0 Å². The van der Waals surface area contributed by atoms with Crippen LogP contribution in [0.1, 0.15) is 0 Å². The van der Waals surface area contributed by atoms with Crippen LogP contribution in [0, 0.1) is 0 Å². The Kier molecular flexibility index (Phi) is 11.6. The number of hydrogen-bond donors (Lipinski definition) is 2. The number of carboxylic acids is 1. The van der Waals surface area contributed by atoms with Gasteiger partial charge in [0.15, 0.2) is 0 Å². The Morgan fingerprint density at radius 2 is 1.50 bits per heavy atom. The predicted molar refractivity (Wildman–Crippen MR) is 61.9 cm³/mol. The average molecular weight is 227 g/mol. The first-order chi connectivity index (χ1) is 7.53. The number of carbonyl (C=O) groups is 2. The minimum atomic E-state index is -1.19. The van der Waals surface area contributed by atoms with Crippen molar-refractivity contribution in [2.45, 2.75) is 0 Å². The van der Waals surface area contributed by atoms with E-state index in [-0.39, 0.29) is 5.91 Å². The topological polar surface area (TPSA) is 77.8 Å². The van der Waals surface area contributed by atoms with Crippen LogP contribution in [0.4, 0.5) is 0 Å². The number of aliphatic hydroxyl groups excluding tert-OH is 1. The average Bonchev–Trinajstić information content (AvgIpc) is 2.28. The molecule has 0 spiro atoms. The van der Waals surface area contributed by atoms with E-state index in [0.29, 0.717) is 13.1 Å². The standard InChI is InChI=1S/C9H13NO.C2H4O3/c1-4-7-10(8-5-2)9(11)6-3;3-1-2(4)5/h4-6H,1-3,7-8H2;3H,1H2,(H,4,5). The molecule has 5 nitrogen and oxygen atoms in total. The van der Waals surface area contributed by atoms with Crippen molar-refractivity contribution in [2.75, 3.05) is 19.7 Å². The van der Waals surface area contributed by atoms with Crippen molar-refractivity contribution in [1.29, 1.82) is 0 Å². The van der Waals surface area contributed by atoms with Crippen LogP contribution in [0.5, 0.6) is 0 Å². The molecule has 90 valence electrons. The van der Waals surface area contributed by atoms with E-state index < -0.39 is 12.6 Å². The molecule has 0 saturated heterocycles. The summed E-state index contributed by atoms with van der Waals surface area (Å²) < 4.78 is 0. The van der Waals surface area contributed by atoms with Crippen LogP contribution in [0.3, 0.4) is 0 Å². The number of aliphatic carboxylic acids is 1. The van der Waals surface area contributed by atoms with E-state index in [2.05, 4.69) is 19.7 Å². The highest BCUT2D eigenvalue weighted by molar-refractivity contribution is 5.87. The zero-order valence-electron chi connectivity index (χ0n) is 9.13. The molecule has 0 aromatic carbocycles. The highest BCUT2D eigenvalue weighted by Gasteiger charge is 2.04. The SMILES string of the molecule is C=CCN(CC=C)C(=O)C=C.O=C(O)CO. The molecule has 0 aliphatic heterocycles. The Bertz CT molecular complexity index is 251. The molecule has 0 heterocycles. The van der Waals surface area contributed by atoms with Crippen molar-refractivity contribution in [3.8, 4) is 0 Å². The van der Waals surface area contributed by atoms with Gasteiger partial charge in [0.25, 0.3) is 0 Å². The number of carbonyl (C=O) groups excluding carboxylic acids is 1. The number of carboxylic acid groups (broad SMARTS) is 1. The van der Waals surface area contributed by atoms with Crippen molar-refractivity contribution in [1.82, 2.24) is 4.90 Å². The maximum Gasteiger partial charge on any atom is 0.329 e. The van der Waals surface area contributed by atoms with Gasteiger partial charge in [-0.3, -0.25) is 4.79 Å². The molecule has 0 aliphatic rings. The quantitative estimate of drug-likeness (QED) is 0.509. The fraction of sp³-hybridized carbons (Fsp3) is 0.273. The molecule has 0 fully saturated rings. The second kappa shape index (κ2) is 11.2. The fourth-order valence-electron chi connectivity index (χ4n) is 0.695. The van der Waals surface area contributed by atoms with Gasteiger partial charge in [0.05, 0.1) is 0 Å². The zero-order valence-corrected chi connectivity index (χ0v) is 9.13. The molecular weight excluding hydrogens is 210 g/mol. The van der Waals surface area contributed by atoms with Crippen LogP contribution >= 0.6 is 0 Å². The Morgan fingerprint density at radius 3 is 1.69 bits per heavy atom. The molecule has 5 heteroatoms. The third-order valence-electron chi connectivity index (χ3n) is 1.32. The third-order valence-corrected chi connectivity index (χ3v) is 1.32. The summed E-state index contributed by atoms with van der Waals surface area (Å²) in [5.74, 6) is -1.28. The minimum Gasteiger partial charge on any atom is -0.480 e. The van der Waals surface area contributed by atoms with E-state index >= 15 is 0 Å². The monoisotopic (exact) mass is 227 g/mol. The van der Waals surface area contributed by atoms with E-state index in [1.54, 1.807) is 17.1 Å². The Labute approximate surface area is 95.0 Å². The molecule has 0 unspecified atom stereocenters. The molecule has 2 N–H and O–H groups in total. The normalized spacial score (nSPS) is 8.06. The second-order valence-corrected chi connectivity index (χ2v) is 2.58. The number of amides is 1. The summed E-state index contributed by atoms with van der Waals surface area (Å²) in [6, 6.07) is 0. The van der Waals surface area contributed by atoms with Gasteiger partial charge in [-0.05, 0) is 6.08 Å². The summed E-state index contributed by atoms with van der Waals surface area (Å²) in [6.07, 6.45) is 4.63. The van der Waals surface area contributed by atoms with E-state index in [4.69, 9.17) is 15.0 Å². The molecule has 0 aliphatic carbocycles. The van der Waals surface area contributed by atoms with Gasteiger partial charge < -0.3 is 15.1 Å². The van der Waals surface area contributed by atoms with Gasteiger partial charge in [0, 0.05) is 13.1 Å². The molecule has 16 heavy (non-hydrogen) atoms. The van der Waals surface area contributed by atoms with Gasteiger partial charge in [0.2, 0.25) is 5.91 Å². The van der Waals surface area contributed by atoms with Crippen LogP contribution in [-0.2, 0) is 9.59 Å². The van der Waals surface area contributed by atoms with Crippen LogP contribution in [-0.4, -0.2) is 46.7 Å². The molecule has 0 saturated carbocycles. The van der Waals surface area contributed by atoms with Gasteiger partial charge >= 0.3 is 5.97 Å². The van der Waals surface area contributed by atoms with E-state index in [9.17, 15) is 4.79 Å². The third kappa shape index (κ3) is 10.2. The van der Waals surface area contributed by atoms with Gasteiger partial charge in [-0.25, -0.2) is 4.79 Å². The lowest BCUT2D eigenvalue weighted by molar-refractivity contribution is -0.140. The van der Waals surface area contributed by atoms with E-state index in [1.807, 2.05) is 0 Å². The molecule has 0 atom stereocenters. The highest BCUT2D eigenvalue weighted by Crippen LogP contribution is 1.90. The highest BCUT2D eigenvalue weighted by atomic mass is 16.4. The van der Waals surface area contributed by atoms with Crippen molar-refractivity contribution in [3.63, 3.8) is 0 Å². The first kappa shape index (κ1) is 16.5. The molecule has 0 aromatic rings. The lowest BCUT2D eigenvalue weighted by Crippen LogP contribution is -2.29. The number of rotatable bonds is 6. The summed E-state index contributed by atoms with van der Waals surface area (Å²) in [4.78, 5) is 21.7. The zero-order chi connectivity index (χ0) is 13.0. The lowest BCUT2D eigenvalue weighted by atomic mass is 10.4. The molecule has 0 bridgehead atoms. The Morgan fingerprint density at radius 1 is 1.12 bits per heavy atom. The van der Waals surface area contributed by atoms with Crippen LogP contribution in [0.25, 0.3) is 0 Å². The molecule has 1 amide bonds. The molecule has 0 radical (unpaired) electrons. The fourth-order valence-corrected chi connectivity index (χ4v) is 0.695. The first-order valence-corrected chi connectivity index (χ1v) is 4.49. The van der Waals surface area contributed by atoms with Gasteiger partial charge in [-0.2, -0.15) is 0 Å². The minimum absolute atomic E-state index is 0.0928. The smallest absolute Gasteiger partial charge is 0.329 e. The van der Waals surface area contributed by atoms with E-state index in [1.165, 1.54) is 6.08 Å². The number of nitrogens with zero attached hydrogens (tertiary/aromatic N) is 1. The van der Waals surface area contributed by atoms with Crippen molar-refractivity contribution in [2.24, 2.45) is 0 Å². The van der Waals surface area contributed by atoms with Crippen molar-refractivity contribution < 1.29 is 19.8 Å². The Hall–Kier alpha value is -1.88. The first-order valence-electron chi connectivity index (χ1n) is 4.49. The predicted octanol–water partition coefficient (Wildman–Crippen LogP) is 0.436. The summed E-state index contributed by atoms with van der Waals surface area (Å²) in [5.41, 5.74) is 0. The summed E-state index contributed by atoms with van der Waals surface area (Å²) in [6.45, 7) is 10.8. The molecular formula is C11H17NO4. The summed E-state index contributed by atoms with van der Waals surface area (Å²) in [7, 11) is 0. The largest absolute Gasteiger partial charge is 0.480 e. The van der Waals surface area contributed by atoms with Gasteiger partial charge in [-0.15, -0.1) is 13.2 Å². The van der Waals surface area contributed by atoms with Crippen LogP contribution < -0.4 is 0 Å².